The van der Waals surface area contributed by atoms with Gasteiger partial charge in [0.1, 0.15) is 10.6 Å². The van der Waals surface area contributed by atoms with E-state index in [-0.39, 0.29) is 22.3 Å². The summed E-state index contributed by atoms with van der Waals surface area (Å²) in [5.74, 6) is -0.240. The third-order valence-corrected chi connectivity index (χ3v) is 5.55. The molecule has 34 heavy (non-hydrogen) atoms. The van der Waals surface area contributed by atoms with E-state index in [0.717, 1.165) is 6.21 Å². The molecule has 0 saturated heterocycles. The molecule has 0 spiro atoms. The molecule has 0 saturated carbocycles. The molecule has 0 fully saturated rings. The van der Waals surface area contributed by atoms with Crippen LogP contribution < -0.4 is 10.2 Å². The lowest BCUT2D eigenvalue weighted by molar-refractivity contribution is -0.137. The molecular formula is C23H19F3N2O5S. The summed E-state index contributed by atoms with van der Waals surface area (Å²) in [6, 6.07) is 14.2. The number of para-hydroxylation sites is 1. The minimum absolute atomic E-state index is 0.0499. The van der Waals surface area contributed by atoms with Gasteiger partial charge in [-0.1, -0.05) is 36.4 Å². The number of benzene rings is 3. The predicted molar refractivity (Wildman–Crippen MR) is 119 cm³/mol. The Hall–Kier alpha value is -3.70. The Morgan fingerprint density at radius 1 is 1.06 bits per heavy atom. The van der Waals surface area contributed by atoms with Crippen LogP contribution in [0.3, 0.4) is 0 Å². The molecule has 1 amide bonds. The van der Waals surface area contributed by atoms with Crippen LogP contribution in [0.15, 0.2) is 76.7 Å². The third kappa shape index (κ3) is 5.80. The minimum atomic E-state index is -4.84. The van der Waals surface area contributed by atoms with Gasteiger partial charge in [-0.15, -0.1) is 0 Å². The first kappa shape index (κ1) is 24.9. The summed E-state index contributed by atoms with van der Waals surface area (Å²) in [4.78, 5) is 11.8. The van der Waals surface area contributed by atoms with Gasteiger partial charge in [0.25, 0.3) is 16.0 Å². The maximum Gasteiger partial charge on any atom is 0.416 e. The smallest absolute Gasteiger partial charge is 0.416 e. The fourth-order valence-corrected chi connectivity index (χ4v) is 3.84. The van der Waals surface area contributed by atoms with Gasteiger partial charge in [0.05, 0.1) is 23.9 Å². The van der Waals surface area contributed by atoms with Crippen LogP contribution in [0.1, 0.15) is 28.4 Å². The van der Waals surface area contributed by atoms with Crippen molar-refractivity contribution in [1.29, 1.82) is 0 Å². The highest BCUT2D eigenvalue weighted by Gasteiger charge is 2.32. The number of carbonyl (C=O) groups is 1. The van der Waals surface area contributed by atoms with E-state index in [1.165, 1.54) is 24.3 Å². The average molecular weight is 492 g/mol. The van der Waals surface area contributed by atoms with Gasteiger partial charge in [-0.2, -0.15) is 26.7 Å². The summed E-state index contributed by atoms with van der Waals surface area (Å²) in [5, 5.41) is 3.85. The third-order valence-electron chi connectivity index (χ3n) is 4.64. The SMILES string of the molecule is CCOc1ccccc1C(=O)N/N=C\c1ccccc1-c1cc(C(F)(F)F)ccc1S(=O)(=O)O. The number of nitrogens with one attached hydrogen (secondary N) is 1. The summed E-state index contributed by atoms with van der Waals surface area (Å²) in [6.45, 7) is 2.10. The Kier molecular flexibility index (Phi) is 7.38. The lowest BCUT2D eigenvalue weighted by Gasteiger charge is -2.14. The fraction of sp³-hybridized carbons (Fsp3) is 0.130. The van der Waals surface area contributed by atoms with Crippen molar-refractivity contribution >= 4 is 22.2 Å². The van der Waals surface area contributed by atoms with Crippen LogP contribution in [-0.2, 0) is 16.3 Å². The molecule has 0 heterocycles. The number of ether oxygens (including phenoxy) is 1. The van der Waals surface area contributed by atoms with E-state index in [1.807, 2.05) is 0 Å². The molecule has 0 unspecified atom stereocenters. The van der Waals surface area contributed by atoms with Gasteiger partial charge in [0, 0.05) is 11.1 Å². The number of rotatable bonds is 7. The van der Waals surface area contributed by atoms with Crippen molar-refractivity contribution in [1.82, 2.24) is 5.43 Å². The van der Waals surface area contributed by atoms with E-state index in [9.17, 15) is 30.9 Å². The Balaban J connectivity index is 1.99. The van der Waals surface area contributed by atoms with Crippen molar-refractivity contribution in [3.8, 4) is 16.9 Å². The van der Waals surface area contributed by atoms with Gasteiger partial charge >= 0.3 is 6.18 Å². The number of amides is 1. The number of hydrazone groups is 1. The predicted octanol–water partition coefficient (Wildman–Crippen LogP) is 4.78. The maximum absolute atomic E-state index is 13.3. The van der Waals surface area contributed by atoms with Crippen molar-refractivity contribution < 1.29 is 35.7 Å². The molecule has 0 atom stereocenters. The minimum Gasteiger partial charge on any atom is -0.493 e. The normalized spacial score (nSPS) is 12.0. The summed E-state index contributed by atoms with van der Waals surface area (Å²) in [6.07, 6.45) is -3.58. The Morgan fingerprint density at radius 2 is 1.74 bits per heavy atom. The molecule has 3 aromatic rings. The first-order valence-electron chi connectivity index (χ1n) is 9.85. The topological polar surface area (TPSA) is 105 Å². The zero-order valence-electron chi connectivity index (χ0n) is 17.7. The highest BCUT2D eigenvalue weighted by molar-refractivity contribution is 7.86. The van der Waals surface area contributed by atoms with Gasteiger partial charge in [0.2, 0.25) is 0 Å². The fourth-order valence-electron chi connectivity index (χ4n) is 3.15. The molecule has 3 rings (SSSR count). The second-order valence-electron chi connectivity index (χ2n) is 6.90. The molecule has 7 nitrogen and oxygen atoms in total. The highest BCUT2D eigenvalue weighted by atomic mass is 32.2. The van der Waals surface area contributed by atoms with Crippen molar-refractivity contribution in [2.45, 2.75) is 18.0 Å². The van der Waals surface area contributed by atoms with E-state index in [4.69, 9.17) is 4.74 Å². The molecule has 0 radical (unpaired) electrons. The van der Waals surface area contributed by atoms with Crippen molar-refractivity contribution in [2.24, 2.45) is 5.10 Å². The number of carbonyl (C=O) groups excluding carboxylic acids is 1. The lowest BCUT2D eigenvalue weighted by Crippen LogP contribution is -2.18. The average Bonchev–Trinajstić information content (AvgIpc) is 2.78. The van der Waals surface area contributed by atoms with Gasteiger partial charge in [-0.3, -0.25) is 9.35 Å². The van der Waals surface area contributed by atoms with E-state index < -0.39 is 32.7 Å². The van der Waals surface area contributed by atoms with Crippen LogP contribution in [0.2, 0.25) is 0 Å². The summed E-state index contributed by atoms with van der Waals surface area (Å²) >= 11 is 0. The second kappa shape index (κ2) is 10.1. The monoisotopic (exact) mass is 492 g/mol. The Morgan fingerprint density at radius 3 is 2.41 bits per heavy atom. The van der Waals surface area contributed by atoms with Gasteiger partial charge in [-0.05, 0) is 42.8 Å². The molecule has 11 heteroatoms. The van der Waals surface area contributed by atoms with Gasteiger partial charge < -0.3 is 4.74 Å². The van der Waals surface area contributed by atoms with Crippen LogP contribution in [0.5, 0.6) is 5.75 Å². The molecule has 0 bridgehead atoms. The highest BCUT2D eigenvalue weighted by Crippen LogP contribution is 2.36. The largest absolute Gasteiger partial charge is 0.493 e. The number of halogens is 3. The summed E-state index contributed by atoms with van der Waals surface area (Å²) in [7, 11) is -4.84. The van der Waals surface area contributed by atoms with Crippen molar-refractivity contribution in [3.63, 3.8) is 0 Å². The van der Waals surface area contributed by atoms with Crippen molar-refractivity contribution in [3.05, 3.63) is 83.4 Å². The lowest BCUT2D eigenvalue weighted by atomic mass is 9.98. The van der Waals surface area contributed by atoms with E-state index in [2.05, 4.69) is 10.5 Å². The molecule has 178 valence electrons. The molecule has 0 aromatic heterocycles. The Bertz CT molecular complexity index is 1340. The van der Waals surface area contributed by atoms with Crippen LogP contribution in [0, 0.1) is 0 Å². The van der Waals surface area contributed by atoms with Crippen LogP contribution in [0.25, 0.3) is 11.1 Å². The molecule has 2 N–H and O–H groups in total. The van der Waals surface area contributed by atoms with Gasteiger partial charge in [0.15, 0.2) is 0 Å². The Labute approximate surface area is 193 Å². The number of nitrogens with zero attached hydrogens (tertiary/aromatic N) is 1. The first-order chi connectivity index (χ1) is 16.0. The zero-order chi connectivity index (χ0) is 24.9. The quantitative estimate of drug-likeness (QED) is 0.281. The maximum atomic E-state index is 13.3. The van der Waals surface area contributed by atoms with Crippen LogP contribution >= 0.6 is 0 Å². The second-order valence-corrected chi connectivity index (χ2v) is 8.29. The number of hydrogen-bond acceptors (Lipinski definition) is 5. The molecule has 0 aliphatic rings. The molecular weight excluding hydrogens is 473 g/mol. The first-order valence-corrected chi connectivity index (χ1v) is 11.3. The van der Waals surface area contributed by atoms with Crippen LogP contribution in [-0.4, -0.2) is 31.7 Å². The van der Waals surface area contributed by atoms with Crippen LogP contribution in [0.4, 0.5) is 13.2 Å². The number of hydrogen-bond donors (Lipinski definition) is 2. The van der Waals surface area contributed by atoms with Gasteiger partial charge in [-0.25, -0.2) is 5.43 Å². The van der Waals surface area contributed by atoms with Crippen molar-refractivity contribution in [2.75, 3.05) is 6.61 Å². The zero-order valence-corrected chi connectivity index (χ0v) is 18.5. The van der Waals surface area contributed by atoms with E-state index >= 15 is 0 Å². The van der Waals surface area contributed by atoms with E-state index in [1.54, 1.807) is 31.2 Å². The summed E-state index contributed by atoms with van der Waals surface area (Å²) in [5.41, 5.74) is 1.32. The molecule has 3 aromatic carbocycles. The molecule has 0 aliphatic heterocycles. The molecule has 0 aliphatic carbocycles. The standard InChI is InChI=1S/C23H19F3N2O5S/c1-2-33-20-10-6-5-9-18(20)22(29)28-27-14-15-7-3-4-8-17(15)19-13-16(23(24,25)26)11-12-21(19)34(30,31)32/h3-14H,2H2,1H3,(H,28,29)(H,30,31,32)/b27-14-. The number of alkyl halides is 3. The summed E-state index contributed by atoms with van der Waals surface area (Å²) < 4.78 is 78.3. The van der Waals surface area contributed by atoms with E-state index in [0.29, 0.717) is 30.6 Å².